The highest BCUT2D eigenvalue weighted by molar-refractivity contribution is 5.90. The van der Waals surface area contributed by atoms with E-state index in [1.54, 1.807) is 30.9 Å². The van der Waals surface area contributed by atoms with Crippen molar-refractivity contribution in [3.8, 4) is 5.75 Å². The van der Waals surface area contributed by atoms with E-state index in [0.29, 0.717) is 18.8 Å². The van der Waals surface area contributed by atoms with Gasteiger partial charge in [-0.3, -0.25) is 9.59 Å². The number of ether oxygens (including phenoxy) is 1. The number of amides is 2. The van der Waals surface area contributed by atoms with E-state index in [1.807, 2.05) is 18.2 Å². The smallest absolute Gasteiger partial charge is 0.264 e. The van der Waals surface area contributed by atoms with Gasteiger partial charge < -0.3 is 15.0 Å². The lowest BCUT2D eigenvalue weighted by Crippen LogP contribution is -2.58. The largest absolute Gasteiger partial charge is 0.481 e. The molecule has 0 aliphatic carbocycles. The number of carbonyl (C=O) groups is 2. The number of nitrogens with zero attached hydrogens (tertiary/aromatic N) is 1. The fourth-order valence-electron chi connectivity index (χ4n) is 2.07. The summed E-state index contributed by atoms with van der Waals surface area (Å²) >= 11 is 0. The average molecular weight is 262 g/mol. The van der Waals surface area contributed by atoms with Crippen LogP contribution in [0.2, 0.25) is 0 Å². The van der Waals surface area contributed by atoms with Crippen LogP contribution in [0.25, 0.3) is 0 Å². The number of piperazine rings is 1. The van der Waals surface area contributed by atoms with Crippen LogP contribution in [0.3, 0.4) is 0 Å². The molecule has 0 bridgehead atoms. The van der Waals surface area contributed by atoms with Crippen molar-refractivity contribution in [2.75, 3.05) is 13.1 Å². The summed E-state index contributed by atoms with van der Waals surface area (Å²) in [5.41, 5.74) is 0. The minimum absolute atomic E-state index is 0.119. The highest BCUT2D eigenvalue weighted by atomic mass is 16.5. The highest BCUT2D eigenvalue weighted by Crippen LogP contribution is 2.14. The van der Waals surface area contributed by atoms with Gasteiger partial charge in [0.05, 0.1) is 0 Å². The molecule has 2 atom stereocenters. The molecule has 1 N–H and O–H groups in total. The molecule has 1 heterocycles. The normalized spacial score (nSPS) is 20.6. The van der Waals surface area contributed by atoms with Gasteiger partial charge in [-0.05, 0) is 26.0 Å². The summed E-state index contributed by atoms with van der Waals surface area (Å²) in [5, 5.41) is 2.73. The van der Waals surface area contributed by atoms with E-state index in [2.05, 4.69) is 5.32 Å². The van der Waals surface area contributed by atoms with Gasteiger partial charge in [0.1, 0.15) is 11.8 Å². The molecule has 1 aromatic carbocycles. The minimum Gasteiger partial charge on any atom is -0.481 e. The van der Waals surface area contributed by atoms with Gasteiger partial charge in [-0.2, -0.15) is 0 Å². The lowest BCUT2D eigenvalue weighted by atomic mass is 10.2. The predicted octanol–water partition coefficient (Wildman–Crippen LogP) is 0.801. The van der Waals surface area contributed by atoms with Crippen molar-refractivity contribution in [2.45, 2.75) is 26.0 Å². The molecule has 0 aromatic heterocycles. The molecule has 0 spiro atoms. The molecule has 2 unspecified atom stereocenters. The number of hydrogen-bond donors (Lipinski definition) is 1. The molecule has 1 saturated heterocycles. The van der Waals surface area contributed by atoms with E-state index in [4.69, 9.17) is 4.74 Å². The number of para-hydroxylation sites is 1. The van der Waals surface area contributed by atoms with Crippen LogP contribution >= 0.6 is 0 Å². The lowest BCUT2D eigenvalue weighted by molar-refractivity contribution is -0.147. The van der Waals surface area contributed by atoms with Crippen molar-refractivity contribution >= 4 is 11.8 Å². The maximum absolute atomic E-state index is 12.3. The first-order valence-corrected chi connectivity index (χ1v) is 6.39. The molecule has 2 amide bonds. The van der Waals surface area contributed by atoms with Crippen LogP contribution in [0.5, 0.6) is 5.75 Å². The summed E-state index contributed by atoms with van der Waals surface area (Å²) in [6.07, 6.45) is -0.601. The maximum atomic E-state index is 12.3. The van der Waals surface area contributed by atoms with Crippen LogP contribution < -0.4 is 10.1 Å². The third-order valence-corrected chi connectivity index (χ3v) is 3.19. The predicted molar refractivity (Wildman–Crippen MR) is 70.7 cm³/mol. The number of carbonyl (C=O) groups excluding carboxylic acids is 2. The summed E-state index contributed by atoms with van der Waals surface area (Å²) in [4.78, 5) is 25.4. The van der Waals surface area contributed by atoms with E-state index < -0.39 is 12.1 Å². The van der Waals surface area contributed by atoms with Gasteiger partial charge in [0.15, 0.2) is 6.10 Å². The molecule has 1 aliphatic rings. The average Bonchev–Trinajstić information content (AvgIpc) is 2.42. The van der Waals surface area contributed by atoms with E-state index >= 15 is 0 Å². The Morgan fingerprint density at radius 1 is 1.42 bits per heavy atom. The zero-order chi connectivity index (χ0) is 13.8. The number of benzene rings is 1. The summed E-state index contributed by atoms with van der Waals surface area (Å²) in [6, 6.07) is 8.75. The van der Waals surface area contributed by atoms with Crippen LogP contribution in [-0.4, -0.2) is 41.9 Å². The summed E-state index contributed by atoms with van der Waals surface area (Å²) in [7, 11) is 0. The van der Waals surface area contributed by atoms with Crippen LogP contribution in [0.15, 0.2) is 30.3 Å². The first-order valence-electron chi connectivity index (χ1n) is 6.39. The second-order valence-electron chi connectivity index (χ2n) is 4.57. The zero-order valence-electron chi connectivity index (χ0n) is 11.1. The molecular formula is C14H18N2O3. The van der Waals surface area contributed by atoms with Crippen LogP contribution in [-0.2, 0) is 9.59 Å². The quantitative estimate of drug-likeness (QED) is 0.876. The molecule has 0 saturated carbocycles. The monoisotopic (exact) mass is 262 g/mol. The van der Waals surface area contributed by atoms with Crippen molar-refractivity contribution in [3.63, 3.8) is 0 Å². The highest BCUT2D eigenvalue weighted by Gasteiger charge is 2.32. The van der Waals surface area contributed by atoms with Crippen molar-refractivity contribution in [1.29, 1.82) is 0 Å². The number of nitrogens with one attached hydrogen (secondary N) is 1. The maximum Gasteiger partial charge on any atom is 0.264 e. The second kappa shape index (κ2) is 5.73. The summed E-state index contributed by atoms with van der Waals surface area (Å²) < 4.78 is 5.59. The second-order valence-corrected chi connectivity index (χ2v) is 4.57. The molecule has 0 radical (unpaired) electrons. The molecular weight excluding hydrogens is 244 g/mol. The van der Waals surface area contributed by atoms with Gasteiger partial charge in [0.2, 0.25) is 5.91 Å². The molecule has 1 aromatic rings. The molecule has 2 rings (SSSR count). The van der Waals surface area contributed by atoms with Crippen molar-refractivity contribution < 1.29 is 14.3 Å². The zero-order valence-corrected chi connectivity index (χ0v) is 11.1. The Bertz CT molecular complexity index is 461. The van der Waals surface area contributed by atoms with Crippen LogP contribution in [0, 0.1) is 0 Å². The topological polar surface area (TPSA) is 58.6 Å². The molecule has 5 heteroatoms. The third kappa shape index (κ3) is 3.05. The van der Waals surface area contributed by atoms with Crippen molar-refractivity contribution in [1.82, 2.24) is 10.2 Å². The van der Waals surface area contributed by atoms with Gasteiger partial charge in [-0.15, -0.1) is 0 Å². The SMILES string of the molecule is CC(Oc1ccccc1)C(=O)N1CCNC(=O)C1C. The standard InChI is InChI=1S/C14H18N2O3/c1-10-13(17)15-8-9-16(10)14(18)11(2)19-12-6-4-3-5-7-12/h3-7,10-11H,8-9H2,1-2H3,(H,15,17). The van der Waals surface area contributed by atoms with E-state index in [9.17, 15) is 9.59 Å². The minimum atomic E-state index is -0.601. The van der Waals surface area contributed by atoms with Crippen molar-refractivity contribution in [2.24, 2.45) is 0 Å². The van der Waals surface area contributed by atoms with E-state index in [-0.39, 0.29) is 11.8 Å². The third-order valence-electron chi connectivity index (χ3n) is 3.19. The van der Waals surface area contributed by atoms with Gasteiger partial charge in [0.25, 0.3) is 5.91 Å². The lowest BCUT2D eigenvalue weighted by Gasteiger charge is -2.34. The summed E-state index contributed by atoms with van der Waals surface area (Å²) in [6.45, 7) is 4.44. The molecule has 5 nitrogen and oxygen atoms in total. The van der Waals surface area contributed by atoms with Gasteiger partial charge >= 0.3 is 0 Å². The Morgan fingerprint density at radius 3 is 2.79 bits per heavy atom. The number of rotatable bonds is 3. The fourth-order valence-corrected chi connectivity index (χ4v) is 2.07. The first-order chi connectivity index (χ1) is 9.09. The Labute approximate surface area is 112 Å². The Morgan fingerprint density at radius 2 is 2.11 bits per heavy atom. The first kappa shape index (κ1) is 13.4. The van der Waals surface area contributed by atoms with Gasteiger partial charge in [-0.25, -0.2) is 0 Å². The van der Waals surface area contributed by atoms with Gasteiger partial charge in [0, 0.05) is 13.1 Å². The van der Waals surface area contributed by atoms with Gasteiger partial charge in [-0.1, -0.05) is 18.2 Å². The molecule has 1 aliphatic heterocycles. The van der Waals surface area contributed by atoms with E-state index in [0.717, 1.165) is 0 Å². The summed E-state index contributed by atoms with van der Waals surface area (Å²) in [5.74, 6) is 0.371. The Balaban J connectivity index is 2.00. The molecule has 102 valence electrons. The van der Waals surface area contributed by atoms with Crippen LogP contribution in [0.1, 0.15) is 13.8 Å². The van der Waals surface area contributed by atoms with Crippen molar-refractivity contribution in [3.05, 3.63) is 30.3 Å². The van der Waals surface area contributed by atoms with Crippen LogP contribution in [0.4, 0.5) is 0 Å². The molecule has 19 heavy (non-hydrogen) atoms. The molecule has 1 fully saturated rings. The Kier molecular flexibility index (Phi) is 4.04. The Hall–Kier alpha value is -2.04. The van der Waals surface area contributed by atoms with E-state index in [1.165, 1.54) is 0 Å². The number of hydrogen-bond acceptors (Lipinski definition) is 3. The fraction of sp³-hybridized carbons (Fsp3) is 0.429.